The van der Waals surface area contributed by atoms with E-state index in [4.69, 9.17) is 14.6 Å². The number of hydrogen-bond donors (Lipinski definition) is 1. The van der Waals surface area contributed by atoms with Gasteiger partial charge in [-0.2, -0.15) is 0 Å². The minimum absolute atomic E-state index is 0.00464. The summed E-state index contributed by atoms with van der Waals surface area (Å²) < 4.78 is 10.3. The van der Waals surface area contributed by atoms with Crippen molar-refractivity contribution in [3.05, 3.63) is 16.3 Å². The highest BCUT2D eigenvalue weighted by atomic mass is 32.1. The number of carbonyl (C=O) groups is 2. The fraction of sp³-hybridized carbons (Fsp3) is 0.538. The van der Waals surface area contributed by atoms with Crippen molar-refractivity contribution in [3.63, 3.8) is 0 Å². The second-order valence-electron chi connectivity index (χ2n) is 4.55. The van der Waals surface area contributed by atoms with E-state index < -0.39 is 5.97 Å². The predicted octanol–water partition coefficient (Wildman–Crippen LogP) is 1.46. The van der Waals surface area contributed by atoms with Crippen LogP contribution in [-0.2, 0) is 9.53 Å². The second kappa shape index (κ2) is 6.71. The number of thiophene rings is 1. The van der Waals surface area contributed by atoms with E-state index >= 15 is 0 Å². The zero-order valence-electron chi connectivity index (χ0n) is 11.2. The van der Waals surface area contributed by atoms with Crippen molar-refractivity contribution >= 4 is 23.2 Å². The molecule has 0 saturated carbocycles. The minimum Gasteiger partial charge on any atom is -0.496 e. The fourth-order valence-electron chi connectivity index (χ4n) is 2.11. The number of likely N-dealkylation sites (tertiary alicyclic amines) is 1. The lowest BCUT2D eigenvalue weighted by molar-refractivity contribution is -0.145. The van der Waals surface area contributed by atoms with Gasteiger partial charge in [0.2, 0.25) is 0 Å². The van der Waals surface area contributed by atoms with Gasteiger partial charge in [-0.1, -0.05) is 0 Å². The summed E-state index contributed by atoms with van der Waals surface area (Å²) in [5.41, 5.74) is 0. The van der Waals surface area contributed by atoms with Crippen LogP contribution in [0, 0.1) is 0 Å². The molecule has 7 heteroatoms. The lowest BCUT2D eigenvalue weighted by Crippen LogP contribution is -2.41. The van der Waals surface area contributed by atoms with Gasteiger partial charge in [0.1, 0.15) is 12.4 Å². The number of amides is 1. The molecule has 0 atom stereocenters. The first-order chi connectivity index (χ1) is 9.60. The molecule has 1 amide bonds. The number of ether oxygens (including phenoxy) is 2. The highest BCUT2D eigenvalue weighted by molar-refractivity contribution is 7.12. The Bertz CT molecular complexity index is 479. The number of methoxy groups -OCH3 is 1. The van der Waals surface area contributed by atoms with Gasteiger partial charge in [-0.25, -0.2) is 4.79 Å². The van der Waals surface area contributed by atoms with Gasteiger partial charge in [0.05, 0.1) is 18.1 Å². The summed E-state index contributed by atoms with van der Waals surface area (Å²) in [4.78, 5) is 25.1. The minimum atomic E-state index is -0.964. The Morgan fingerprint density at radius 1 is 1.45 bits per heavy atom. The Morgan fingerprint density at radius 3 is 2.70 bits per heavy atom. The quantitative estimate of drug-likeness (QED) is 0.891. The van der Waals surface area contributed by atoms with Crippen molar-refractivity contribution in [2.45, 2.75) is 18.9 Å². The number of piperidine rings is 1. The zero-order valence-corrected chi connectivity index (χ0v) is 12.0. The van der Waals surface area contributed by atoms with Crippen LogP contribution in [0.5, 0.6) is 5.75 Å². The molecular weight excluding hydrogens is 282 g/mol. The molecule has 20 heavy (non-hydrogen) atoms. The summed E-state index contributed by atoms with van der Waals surface area (Å²) in [6.07, 6.45) is 1.26. The molecule has 2 heterocycles. The van der Waals surface area contributed by atoms with Gasteiger partial charge in [0.15, 0.2) is 0 Å². The van der Waals surface area contributed by atoms with Crippen LogP contribution in [0.15, 0.2) is 11.4 Å². The van der Waals surface area contributed by atoms with E-state index in [1.807, 2.05) is 0 Å². The Hall–Kier alpha value is -1.60. The summed E-state index contributed by atoms with van der Waals surface area (Å²) in [5.74, 6) is -0.276. The largest absolute Gasteiger partial charge is 0.496 e. The Labute approximate surface area is 120 Å². The SMILES string of the molecule is COc1csc(C(=O)N2CCC(OCC(=O)O)CC2)c1. The first kappa shape index (κ1) is 14.8. The van der Waals surface area contributed by atoms with Crippen molar-refractivity contribution in [1.29, 1.82) is 0 Å². The molecule has 1 saturated heterocycles. The summed E-state index contributed by atoms with van der Waals surface area (Å²) in [7, 11) is 1.57. The highest BCUT2D eigenvalue weighted by Gasteiger charge is 2.25. The monoisotopic (exact) mass is 299 g/mol. The number of carbonyl (C=O) groups excluding carboxylic acids is 1. The zero-order chi connectivity index (χ0) is 14.5. The van der Waals surface area contributed by atoms with E-state index in [9.17, 15) is 9.59 Å². The van der Waals surface area contributed by atoms with Gasteiger partial charge < -0.3 is 19.5 Å². The van der Waals surface area contributed by atoms with Crippen molar-refractivity contribution in [2.75, 3.05) is 26.8 Å². The molecule has 0 radical (unpaired) electrons. The standard InChI is InChI=1S/C13H17NO5S/c1-18-10-6-11(20-8-10)13(17)14-4-2-9(3-5-14)19-7-12(15)16/h6,8-9H,2-5,7H2,1H3,(H,15,16). The molecule has 6 nitrogen and oxygen atoms in total. The summed E-state index contributed by atoms with van der Waals surface area (Å²) in [5, 5.41) is 10.4. The number of rotatable bonds is 5. The maximum Gasteiger partial charge on any atom is 0.329 e. The summed E-state index contributed by atoms with van der Waals surface area (Å²) >= 11 is 1.37. The molecule has 1 fully saturated rings. The molecule has 0 bridgehead atoms. The van der Waals surface area contributed by atoms with Crippen molar-refractivity contribution in [2.24, 2.45) is 0 Å². The van der Waals surface area contributed by atoms with Crippen LogP contribution in [0.3, 0.4) is 0 Å². The van der Waals surface area contributed by atoms with Crippen LogP contribution in [0.4, 0.5) is 0 Å². The van der Waals surface area contributed by atoms with E-state index in [2.05, 4.69) is 0 Å². The van der Waals surface area contributed by atoms with E-state index in [-0.39, 0.29) is 18.6 Å². The van der Waals surface area contributed by atoms with E-state index in [0.29, 0.717) is 36.6 Å². The fourth-order valence-corrected chi connectivity index (χ4v) is 2.93. The molecule has 1 aliphatic heterocycles. The molecule has 1 N–H and O–H groups in total. The molecule has 0 spiro atoms. The van der Waals surface area contributed by atoms with Crippen LogP contribution >= 0.6 is 11.3 Å². The number of aliphatic carboxylic acids is 1. The van der Waals surface area contributed by atoms with E-state index in [1.54, 1.807) is 23.5 Å². The maximum absolute atomic E-state index is 12.2. The van der Waals surface area contributed by atoms with Gasteiger partial charge in [0, 0.05) is 24.5 Å². The topological polar surface area (TPSA) is 76.1 Å². The van der Waals surface area contributed by atoms with Crippen LogP contribution in [-0.4, -0.2) is 54.8 Å². The molecular formula is C13H17NO5S. The van der Waals surface area contributed by atoms with Gasteiger partial charge in [-0.15, -0.1) is 11.3 Å². The average Bonchev–Trinajstić information content (AvgIpc) is 2.94. The predicted molar refractivity (Wildman–Crippen MR) is 73.4 cm³/mol. The van der Waals surface area contributed by atoms with Gasteiger partial charge in [0.25, 0.3) is 5.91 Å². The molecule has 2 rings (SSSR count). The van der Waals surface area contributed by atoms with Crippen LogP contribution < -0.4 is 4.74 Å². The maximum atomic E-state index is 12.2. The molecule has 1 aromatic heterocycles. The number of nitrogens with zero attached hydrogens (tertiary/aromatic N) is 1. The lowest BCUT2D eigenvalue weighted by atomic mass is 10.1. The smallest absolute Gasteiger partial charge is 0.329 e. The summed E-state index contributed by atoms with van der Waals surface area (Å²) in [6, 6.07) is 1.74. The molecule has 0 aliphatic carbocycles. The van der Waals surface area contributed by atoms with E-state index in [1.165, 1.54) is 11.3 Å². The molecule has 1 aromatic rings. The van der Waals surface area contributed by atoms with Gasteiger partial charge in [-0.05, 0) is 12.8 Å². The first-order valence-corrected chi connectivity index (χ1v) is 7.23. The Morgan fingerprint density at radius 2 is 2.15 bits per heavy atom. The summed E-state index contributed by atoms with van der Waals surface area (Å²) in [6.45, 7) is 0.896. The van der Waals surface area contributed by atoms with Crippen molar-refractivity contribution in [1.82, 2.24) is 4.90 Å². The number of hydrogen-bond acceptors (Lipinski definition) is 5. The third-order valence-electron chi connectivity index (χ3n) is 3.19. The lowest BCUT2D eigenvalue weighted by Gasteiger charge is -2.31. The number of carboxylic acid groups (broad SMARTS) is 1. The first-order valence-electron chi connectivity index (χ1n) is 6.35. The third-order valence-corrected chi connectivity index (χ3v) is 4.09. The van der Waals surface area contributed by atoms with Crippen molar-refractivity contribution < 1.29 is 24.2 Å². The van der Waals surface area contributed by atoms with Crippen molar-refractivity contribution in [3.8, 4) is 5.75 Å². The molecule has 1 aliphatic rings. The highest BCUT2D eigenvalue weighted by Crippen LogP contribution is 2.24. The van der Waals surface area contributed by atoms with Gasteiger partial charge in [-0.3, -0.25) is 4.79 Å². The normalized spacial score (nSPS) is 16.1. The van der Waals surface area contributed by atoms with Crippen LogP contribution in [0.1, 0.15) is 22.5 Å². The van der Waals surface area contributed by atoms with Crippen LogP contribution in [0.2, 0.25) is 0 Å². The molecule has 0 unspecified atom stereocenters. The Balaban J connectivity index is 1.84. The van der Waals surface area contributed by atoms with E-state index in [0.717, 1.165) is 0 Å². The molecule has 110 valence electrons. The number of carboxylic acids is 1. The van der Waals surface area contributed by atoms with Crippen LogP contribution in [0.25, 0.3) is 0 Å². The Kier molecular flexibility index (Phi) is 4.97. The second-order valence-corrected chi connectivity index (χ2v) is 5.46. The van der Waals surface area contributed by atoms with Gasteiger partial charge >= 0.3 is 5.97 Å². The average molecular weight is 299 g/mol. The third kappa shape index (κ3) is 3.71. The molecule has 0 aromatic carbocycles.